The highest BCUT2D eigenvalue weighted by Gasteiger charge is 2.12. The molecule has 2 aromatic rings. The molecule has 0 atom stereocenters. The molecule has 23 heavy (non-hydrogen) atoms. The van der Waals surface area contributed by atoms with Crippen molar-refractivity contribution in [2.75, 3.05) is 7.11 Å². The van der Waals surface area contributed by atoms with Crippen molar-refractivity contribution < 1.29 is 27.8 Å². The highest BCUT2D eigenvalue weighted by atomic mass is 19.3. The number of hydrogen-bond acceptors (Lipinski definition) is 5. The Morgan fingerprint density at radius 3 is 2.70 bits per heavy atom. The third-order valence-electron chi connectivity index (χ3n) is 2.92. The third-order valence-corrected chi connectivity index (χ3v) is 2.92. The van der Waals surface area contributed by atoms with E-state index in [0.29, 0.717) is 5.56 Å². The Bertz CT molecular complexity index is 650. The first kappa shape index (κ1) is 16.7. The number of benzene rings is 1. The number of pyridine rings is 1. The fourth-order valence-corrected chi connectivity index (χ4v) is 1.88. The lowest BCUT2D eigenvalue weighted by Crippen LogP contribution is -2.08. The number of hydrogen-bond donors (Lipinski definition) is 0. The third kappa shape index (κ3) is 5.21. The van der Waals surface area contributed by atoms with Crippen LogP contribution in [0.3, 0.4) is 0 Å². The van der Waals surface area contributed by atoms with Gasteiger partial charge in [0.05, 0.1) is 13.5 Å². The second-order valence-electron chi connectivity index (χ2n) is 4.56. The summed E-state index contributed by atoms with van der Waals surface area (Å²) in [6, 6.07) is 7.85. The molecule has 0 amide bonds. The first-order valence-corrected chi connectivity index (χ1v) is 6.74. The SMILES string of the molecule is COc1cc(COC(=O)Cc2cccnc2)ccc1OC(F)F. The second kappa shape index (κ2) is 8.07. The first-order chi connectivity index (χ1) is 11.1. The fourth-order valence-electron chi connectivity index (χ4n) is 1.88. The van der Waals surface area contributed by atoms with Gasteiger partial charge in [-0.1, -0.05) is 12.1 Å². The monoisotopic (exact) mass is 323 g/mol. The van der Waals surface area contributed by atoms with Gasteiger partial charge < -0.3 is 14.2 Å². The van der Waals surface area contributed by atoms with Gasteiger partial charge >= 0.3 is 12.6 Å². The van der Waals surface area contributed by atoms with E-state index in [1.807, 2.05) is 0 Å². The van der Waals surface area contributed by atoms with Crippen LogP contribution in [0, 0.1) is 0 Å². The predicted molar refractivity (Wildman–Crippen MR) is 77.4 cm³/mol. The molecule has 0 saturated carbocycles. The summed E-state index contributed by atoms with van der Waals surface area (Å²) >= 11 is 0. The van der Waals surface area contributed by atoms with E-state index in [0.717, 1.165) is 5.56 Å². The highest BCUT2D eigenvalue weighted by molar-refractivity contribution is 5.72. The van der Waals surface area contributed by atoms with Gasteiger partial charge in [0.25, 0.3) is 0 Å². The number of methoxy groups -OCH3 is 1. The molecule has 0 aliphatic heterocycles. The number of carbonyl (C=O) groups is 1. The zero-order chi connectivity index (χ0) is 16.7. The number of aromatic nitrogens is 1. The van der Waals surface area contributed by atoms with Crippen LogP contribution >= 0.6 is 0 Å². The Balaban J connectivity index is 1.93. The molecule has 0 saturated heterocycles. The van der Waals surface area contributed by atoms with Crippen LogP contribution in [0.2, 0.25) is 0 Å². The van der Waals surface area contributed by atoms with Crippen molar-refractivity contribution in [3.8, 4) is 11.5 Å². The first-order valence-electron chi connectivity index (χ1n) is 6.74. The minimum absolute atomic E-state index is 0.00438. The Hall–Kier alpha value is -2.70. The summed E-state index contributed by atoms with van der Waals surface area (Å²) in [5.74, 6) is -0.344. The molecule has 0 radical (unpaired) electrons. The standard InChI is InChI=1S/C16H15F2NO4/c1-21-14-7-12(4-5-13(14)23-16(17)18)10-22-15(20)8-11-3-2-6-19-9-11/h2-7,9,16H,8,10H2,1H3. The Labute approximate surface area is 131 Å². The van der Waals surface area contributed by atoms with Gasteiger partial charge in [0.1, 0.15) is 6.61 Å². The summed E-state index contributed by atoms with van der Waals surface area (Å²) in [6.07, 6.45) is 3.31. The summed E-state index contributed by atoms with van der Waals surface area (Å²) in [7, 11) is 1.34. The summed E-state index contributed by atoms with van der Waals surface area (Å²) in [6.45, 7) is -2.93. The number of ether oxygens (including phenoxy) is 3. The molecule has 2 rings (SSSR count). The molecule has 0 spiro atoms. The fraction of sp³-hybridized carbons (Fsp3) is 0.250. The molecule has 1 aromatic heterocycles. The van der Waals surface area contributed by atoms with Gasteiger partial charge in [0.15, 0.2) is 11.5 Å². The van der Waals surface area contributed by atoms with Crippen LogP contribution in [-0.2, 0) is 22.6 Å². The minimum Gasteiger partial charge on any atom is -0.493 e. The van der Waals surface area contributed by atoms with Gasteiger partial charge in [-0.15, -0.1) is 0 Å². The molecule has 122 valence electrons. The molecule has 7 heteroatoms. The van der Waals surface area contributed by atoms with Gasteiger partial charge in [-0.25, -0.2) is 0 Å². The van der Waals surface area contributed by atoms with Crippen molar-refractivity contribution in [1.29, 1.82) is 0 Å². The van der Waals surface area contributed by atoms with Crippen LogP contribution in [0.5, 0.6) is 11.5 Å². The van der Waals surface area contributed by atoms with Crippen molar-refractivity contribution in [2.45, 2.75) is 19.6 Å². The van der Waals surface area contributed by atoms with E-state index in [1.54, 1.807) is 24.5 Å². The maximum absolute atomic E-state index is 12.2. The van der Waals surface area contributed by atoms with Crippen LogP contribution in [0.4, 0.5) is 8.78 Å². The maximum Gasteiger partial charge on any atom is 0.387 e. The maximum atomic E-state index is 12.2. The molecule has 0 unspecified atom stereocenters. The zero-order valence-electron chi connectivity index (χ0n) is 12.4. The van der Waals surface area contributed by atoms with Gasteiger partial charge in [-0.05, 0) is 29.3 Å². The quantitative estimate of drug-likeness (QED) is 0.733. The highest BCUT2D eigenvalue weighted by Crippen LogP contribution is 2.29. The Morgan fingerprint density at radius 1 is 1.22 bits per heavy atom. The lowest BCUT2D eigenvalue weighted by atomic mass is 10.2. The second-order valence-corrected chi connectivity index (χ2v) is 4.56. The number of esters is 1. The lowest BCUT2D eigenvalue weighted by Gasteiger charge is -2.11. The molecular weight excluding hydrogens is 308 g/mol. The molecule has 0 fully saturated rings. The van der Waals surface area contributed by atoms with Crippen LogP contribution in [-0.4, -0.2) is 24.7 Å². The molecule has 0 aliphatic rings. The number of halogens is 2. The zero-order valence-corrected chi connectivity index (χ0v) is 12.4. The number of rotatable bonds is 7. The van der Waals surface area contributed by atoms with E-state index >= 15 is 0 Å². The normalized spacial score (nSPS) is 10.4. The molecule has 0 N–H and O–H groups in total. The Morgan fingerprint density at radius 2 is 2.04 bits per heavy atom. The molecule has 0 bridgehead atoms. The van der Waals surface area contributed by atoms with E-state index in [9.17, 15) is 13.6 Å². The summed E-state index contributed by atoms with van der Waals surface area (Å²) in [5, 5.41) is 0. The van der Waals surface area contributed by atoms with Gasteiger partial charge in [0, 0.05) is 12.4 Å². The lowest BCUT2D eigenvalue weighted by molar-refractivity contribution is -0.144. The number of carbonyl (C=O) groups excluding carboxylic acids is 1. The van der Waals surface area contributed by atoms with Crippen molar-refractivity contribution in [1.82, 2.24) is 4.98 Å². The van der Waals surface area contributed by atoms with Gasteiger partial charge in [-0.2, -0.15) is 8.78 Å². The Kier molecular flexibility index (Phi) is 5.85. The van der Waals surface area contributed by atoms with Crippen molar-refractivity contribution in [3.63, 3.8) is 0 Å². The summed E-state index contributed by atoms with van der Waals surface area (Å²) in [4.78, 5) is 15.7. The smallest absolute Gasteiger partial charge is 0.387 e. The molecule has 5 nitrogen and oxygen atoms in total. The van der Waals surface area contributed by atoms with Crippen molar-refractivity contribution in [2.24, 2.45) is 0 Å². The van der Waals surface area contributed by atoms with Gasteiger partial charge in [0.2, 0.25) is 0 Å². The topological polar surface area (TPSA) is 57.7 Å². The number of nitrogens with zero attached hydrogens (tertiary/aromatic N) is 1. The van der Waals surface area contributed by atoms with Crippen LogP contribution < -0.4 is 9.47 Å². The number of alkyl halides is 2. The van der Waals surface area contributed by atoms with E-state index in [-0.39, 0.29) is 24.5 Å². The predicted octanol–water partition coefficient (Wildman–Crippen LogP) is 2.98. The molecular formula is C16H15F2NO4. The minimum atomic E-state index is -2.94. The van der Waals surface area contributed by atoms with Crippen LogP contribution in [0.15, 0.2) is 42.7 Å². The molecule has 0 aliphatic carbocycles. The van der Waals surface area contributed by atoms with Crippen molar-refractivity contribution in [3.05, 3.63) is 53.9 Å². The average molecular weight is 323 g/mol. The molecule has 1 heterocycles. The van der Waals surface area contributed by atoms with Crippen LogP contribution in [0.25, 0.3) is 0 Å². The van der Waals surface area contributed by atoms with E-state index in [4.69, 9.17) is 9.47 Å². The van der Waals surface area contributed by atoms with E-state index in [1.165, 1.54) is 25.3 Å². The largest absolute Gasteiger partial charge is 0.493 e. The van der Waals surface area contributed by atoms with Crippen molar-refractivity contribution >= 4 is 5.97 Å². The summed E-state index contributed by atoms with van der Waals surface area (Å²) in [5.41, 5.74) is 1.35. The molecule has 1 aromatic carbocycles. The van der Waals surface area contributed by atoms with E-state index in [2.05, 4.69) is 9.72 Å². The van der Waals surface area contributed by atoms with Crippen LogP contribution in [0.1, 0.15) is 11.1 Å². The summed E-state index contributed by atoms with van der Waals surface area (Å²) < 4.78 is 38.9. The average Bonchev–Trinajstić information content (AvgIpc) is 2.54. The van der Waals surface area contributed by atoms with E-state index < -0.39 is 12.6 Å². The van der Waals surface area contributed by atoms with Gasteiger partial charge in [-0.3, -0.25) is 9.78 Å².